The molecule has 1 aromatic heterocycles. The van der Waals surface area contributed by atoms with Gasteiger partial charge in [-0.1, -0.05) is 142 Å². The largest absolute Gasteiger partial charge is 0.457 e. The van der Waals surface area contributed by atoms with Crippen molar-refractivity contribution in [2.24, 2.45) is 5.41 Å². The molecule has 0 radical (unpaired) electrons. The van der Waals surface area contributed by atoms with Crippen LogP contribution in [0.15, 0.2) is 187 Å². The Balaban J connectivity index is 1.03. The molecule has 290 valence electrons. The maximum atomic E-state index is 6.78. The van der Waals surface area contributed by atoms with Crippen molar-refractivity contribution in [3.63, 3.8) is 0 Å². The maximum Gasteiger partial charge on any atom is 0.129 e. The zero-order valence-electron chi connectivity index (χ0n) is 34.1. The molecule has 0 spiro atoms. The number of fused-ring (bicyclic) bond motifs is 4. The Morgan fingerprint density at radius 1 is 0.644 bits per heavy atom. The molecule has 0 unspecified atom stereocenters. The third-order valence-electron chi connectivity index (χ3n) is 11.7. The number of benzene rings is 6. The molecule has 0 bridgehead atoms. The van der Waals surface area contributed by atoms with Gasteiger partial charge in [0.2, 0.25) is 0 Å². The highest BCUT2D eigenvalue weighted by atomic mass is 16.5. The van der Waals surface area contributed by atoms with Gasteiger partial charge in [0.1, 0.15) is 24.0 Å². The Hall–Kier alpha value is -6.98. The lowest BCUT2D eigenvalue weighted by Gasteiger charge is -2.29. The standard InChI is InChI=1S/C54H48N4O/c1-37-16-14-19-39(32-37)45-23-9-8-22-44(38-17-6-5-7-18-38)53(45)57-36-56(49-26-12-13-27-50(49)57)41-20-15-21-42(34-41)59-43-28-29-47-46-24-10-11-25-48(46)58(51(47)35-43)52-33-40(30-31-55-52)54(2,3)4/h5-21,23-30,32-35,55H,22,31,36H2,1-4H3. The average Bonchev–Trinajstić information content (AvgIpc) is 3.70. The lowest BCUT2D eigenvalue weighted by atomic mass is 9.85. The Labute approximate surface area is 347 Å². The van der Waals surface area contributed by atoms with Crippen molar-refractivity contribution >= 4 is 55.8 Å². The van der Waals surface area contributed by atoms with Crippen LogP contribution in [0.1, 0.15) is 43.9 Å². The summed E-state index contributed by atoms with van der Waals surface area (Å²) in [5.74, 6) is 2.66. The molecule has 0 saturated carbocycles. The second kappa shape index (κ2) is 14.8. The molecular formula is C54H48N4O. The summed E-state index contributed by atoms with van der Waals surface area (Å²) >= 11 is 0. The predicted molar refractivity (Wildman–Crippen MR) is 248 cm³/mol. The molecule has 59 heavy (non-hydrogen) atoms. The first kappa shape index (κ1) is 36.4. The van der Waals surface area contributed by atoms with Gasteiger partial charge in [0.25, 0.3) is 0 Å². The van der Waals surface area contributed by atoms with Crippen LogP contribution in [0.25, 0.3) is 38.8 Å². The summed E-state index contributed by atoms with van der Waals surface area (Å²) in [7, 11) is 0. The highest BCUT2D eigenvalue weighted by Gasteiger charge is 2.33. The van der Waals surface area contributed by atoms with Gasteiger partial charge in [0.15, 0.2) is 0 Å². The normalized spacial score (nSPS) is 15.5. The van der Waals surface area contributed by atoms with E-state index in [1.165, 1.54) is 61.1 Å². The molecule has 2 aliphatic heterocycles. The van der Waals surface area contributed by atoms with Crippen LogP contribution < -0.4 is 19.9 Å². The van der Waals surface area contributed by atoms with E-state index in [1.807, 2.05) is 0 Å². The average molecular weight is 769 g/mol. The van der Waals surface area contributed by atoms with Crippen molar-refractivity contribution in [3.05, 3.63) is 204 Å². The summed E-state index contributed by atoms with van der Waals surface area (Å²) in [6.07, 6.45) is 12.2. The van der Waals surface area contributed by atoms with Crippen LogP contribution in [-0.2, 0) is 0 Å². The summed E-state index contributed by atoms with van der Waals surface area (Å²) in [6, 6.07) is 52.2. The molecule has 0 fully saturated rings. The van der Waals surface area contributed by atoms with Crippen LogP contribution in [0.4, 0.5) is 17.1 Å². The number of ether oxygens (including phenoxy) is 1. The van der Waals surface area contributed by atoms with Crippen molar-refractivity contribution in [2.75, 3.05) is 23.0 Å². The minimum atomic E-state index is 0.0480. The fraction of sp³-hybridized carbons (Fsp3) is 0.148. The highest BCUT2D eigenvalue weighted by Crippen LogP contribution is 2.48. The molecule has 7 aromatic rings. The molecule has 3 aliphatic rings. The van der Waals surface area contributed by atoms with Gasteiger partial charge in [-0.15, -0.1) is 0 Å². The zero-order valence-corrected chi connectivity index (χ0v) is 34.1. The molecule has 1 N–H and O–H groups in total. The Morgan fingerprint density at radius 3 is 2.20 bits per heavy atom. The van der Waals surface area contributed by atoms with E-state index < -0.39 is 0 Å². The lowest BCUT2D eigenvalue weighted by molar-refractivity contribution is 0.483. The van der Waals surface area contributed by atoms with E-state index >= 15 is 0 Å². The molecule has 1 aliphatic carbocycles. The Morgan fingerprint density at radius 2 is 1.37 bits per heavy atom. The van der Waals surface area contributed by atoms with Crippen LogP contribution in [0, 0.1) is 12.3 Å². The second-order valence-electron chi connectivity index (χ2n) is 16.7. The minimum Gasteiger partial charge on any atom is -0.457 e. The van der Waals surface area contributed by atoms with Crippen molar-refractivity contribution in [2.45, 2.75) is 34.1 Å². The van der Waals surface area contributed by atoms with E-state index in [9.17, 15) is 0 Å². The SMILES string of the molecule is Cc1cccc(C2=CC=CCC(c3ccccc3)=C2N2CN(c3cccc(Oc4ccc5c6ccccc6n(C6=CC(C(C)(C)C)=CCN6)c5c4)c3)c3ccccc32)c1. The van der Waals surface area contributed by atoms with E-state index in [1.54, 1.807) is 0 Å². The number of rotatable bonds is 7. The number of aromatic nitrogens is 1. The first-order chi connectivity index (χ1) is 28.8. The number of para-hydroxylation sites is 3. The van der Waals surface area contributed by atoms with Crippen LogP contribution in [0.5, 0.6) is 11.5 Å². The van der Waals surface area contributed by atoms with E-state index in [-0.39, 0.29) is 5.41 Å². The Kier molecular flexibility index (Phi) is 9.09. The summed E-state index contributed by atoms with van der Waals surface area (Å²) in [5, 5.41) is 6.08. The van der Waals surface area contributed by atoms with Crippen LogP contribution >= 0.6 is 0 Å². The van der Waals surface area contributed by atoms with Gasteiger partial charge in [-0.05, 0) is 89.6 Å². The third-order valence-corrected chi connectivity index (χ3v) is 11.7. The molecule has 6 aromatic carbocycles. The van der Waals surface area contributed by atoms with Gasteiger partial charge in [0.05, 0.1) is 28.1 Å². The van der Waals surface area contributed by atoms with E-state index in [0.717, 1.165) is 47.2 Å². The van der Waals surface area contributed by atoms with Gasteiger partial charge in [-0.25, -0.2) is 0 Å². The van der Waals surface area contributed by atoms with Crippen LogP contribution in [0.3, 0.4) is 0 Å². The first-order valence-electron chi connectivity index (χ1n) is 20.6. The molecule has 10 rings (SSSR count). The van der Waals surface area contributed by atoms with Crippen LogP contribution in [-0.4, -0.2) is 17.8 Å². The zero-order chi connectivity index (χ0) is 40.1. The number of hydrogen-bond acceptors (Lipinski definition) is 4. The van der Waals surface area contributed by atoms with Gasteiger partial charge in [0, 0.05) is 40.7 Å². The molecule has 5 nitrogen and oxygen atoms in total. The summed E-state index contributed by atoms with van der Waals surface area (Å²) in [4.78, 5) is 4.92. The quantitative estimate of drug-likeness (QED) is 0.175. The Bertz CT molecular complexity index is 2920. The van der Waals surface area contributed by atoms with Crippen LogP contribution in [0.2, 0.25) is 0 Å². The smallest absolute Gasteiger partial charge is 0.129 e. The molecular weight excluding hydrogens is 721 g/mol. The van der Waals surface area contributed by atoms with Crippen molar-refractivity contribution in [1.29, 1.82) is 0 Å². The monoisotopic (exact) mass is 768 g/mol. The van der Waals surface area contributed by atoms with E-state index in [2.05, 4.69) is 223 Å². The number of hydrogen-bond donors (Lipinski definition) is 1. The molecule has 0 saturated heterocycles. The summed E-state index contributed by atoms with van der Waals surface area (Å²) in [5.41, 5.74) is 14.5. The topological polar surface area (TPSA) is 32.7 Å². The maximum absolute atomic E-state index is 6.78. The summed E-state index contributed by atoms with van der Waals surface area (Å²) in [6.45, 7) is 10.4. The number of nitrogens with zero attached hydrogens (tertiary/aromatic N) is 3. The van der Waals surface area contributed by atoms with Gasteiger partial charge in [-0.3, -0.25) is 4.57 Å². The predicted octanol–water partition coefficient (Wildman–Crippen LogP) is 13.6. The molecule has 0 atom stereocenters. The number of anilines is 3. The highest BCUT2D eigenvalue weighted by molar-refractivity contribution is 6.10. The minimum absolute atomic E-state index is 0.0480. The third kappa shape index (κ3) is 6.72. The van der Waals surface area contributed by atoms with Crippen molar-refractivity contribution in [3.8, 4) is 11.5 Å². The van der Waals surface area contributed by atoms with Gasteiger partial charge >= 0.3 is 0 Å². The van der Waals surface area contributed by atoms with Crippen molar-refractivity contribution < 1.29 is 4.74 Å². The van der Waals surface area contributed by atoms with E-state index in [4.69, 9.17) is 4.74 Å². The second-order valence-corrected chi connectivity index (χ2v) is 16.7. The number of dihydropyridines is 1. The number of allylic oxidation sites excluding steroid dienone is 7. The number of nitrogens with one attached hydrogen (secondary N) is 1. The van der Waals surface area contributed by atoms with E-state index in [0.29, 0.717) is 6.67 Å². The molecule has 3 heterocycles. The van der Waals surface area contributed by atoms with Crippen molar-refractivity contribution in [1.82, 2.24) is 9.88 Å². The van der Waals surface area contributed by atoms with Gasteiger partial charge in [-0.2, -0.15) is 0 Å². The van der Waals surface area contributed by atoms with Gasteiger partial charge < -0.3 is 19.9 Å². The fourth-order valence-corrected chi connectivity index (χ4v) is 8.88. The summed E-state index contributed by atoms with van der Waals surface area (Å²) < 4.78 is 9.13. The first-order valence-corrected chi connectivity index (χ1v) is 20.6. The molecule has 5 heteroatoms. The molecule has 0 amide bonds. The lowest BCUT2D eigenvalue weighted by Crippen LogP contribution is -2.29. The number of aryl methyl sites for hydroxylation is 1. The fourth-order valence-electron chi connectivity index (χ4n) is 8.88.